The van der Waals surface area contributed by atoms with Crippen LogP contribution in [0.2, 0.25) is 15.5 Å². The standard InChI is InChI=1S/2C11H15.C6H12.2ClH.Zr/c2*1-8-6-7-9(2)11-5-3-4-10(8)11;1-3-5-6-4-2;;;/h2*4,6-7,10-11H,3,5H2,1-2H3;1-6H2;2*1H;/q;;;;;+2/p-2. The quantitative estimate of drug-likeness (QED) is 0.505. The van der Waals surface area contributed by atoms with Crippen LogP contribution in [-0.4, -0.2) is 0 Å². The molecule has 0 aromatic heterocycles. The Morgan fingerprint density at radius 1 is 0.548 bits per heavy atom. The molecule has 1 heterocycles. The van der Waals surface area contributed by atoms with Gasteiger partial charge in [-0.1, -0.05) is 0 Å². The summed E-state index contributed by atoms with van der Waals surface area (Å²) >= 11 is -2.36. The fourth-order valence-electron chi connectivity index (χ4n) is 8.98. The molecule has 31 heavy (non-hydrogen) atoms. The Morgan fingerprint density at radius 2 is 0.935 bits per heavy atom. The van der Waals surface area contributed by atoms with Crippen molar-refractivity contribution in [3.8, 4) is 0 Å². The summed E-state index contributed by atoms with van der Waals surface area (Å²) in [6.07, 6.45) is 22.3. The second-order valence-electron chi connectivity index (χ2n) is 11.4. The van der Waals surface area contributed by atoms with Gasteiger partial charge in [0.25, 0.3) is 0 Å². The SMILES string of the molecule is CC1=CC=C(C)C2C1CC[CH]2[Zr+2]1([CH]2CCC3C(C)=CC=C(C)C32)[CH2]CCCC[CH2]1.[Cl-].[Cl-]. The third kappa shape index (κ3) is 4.32. The van der Waals surface area contributed by atoms with E-state index in [9.17, 15) is 0 Å². The van der Waals surface area contributed by atoms with Gasteiger partial charge in [0.1, 0.15) is 0 Å². The first-order chi connectivity index (χ1) is 14.0. The van der Waals surface area contributed by atoms with E-state index in [2.05, 4.69) is 52.0 Å². The van der Waals surface area contributed by atoms with Gasteiger partial charge in [-0.05, 0) is 0 Å². The van der Waals surface area contributed by atoms with Gasteiger partial charge in [-0.3, -0.25) is 0 Å². The van der Waals surface area contributed by atoms with E-state index in [1.165, 1.54) is 25.7 Å². The Bertz CT molecular complexity index is 723. The van der Waals surface area contributed by atoms with E-state index < -0.39 is 20.3 Å². The largest absolute Gasteiger partial charge is 1.00 e. The molecule has 172 valence electrons. The molecule has 1 saturated heterocycles. The molecule has 0 aromatic carbocycles. The maximum atomic E-state index is 2.52. The molecule has 1 aliphatic heterocycles. The summed E-state index contributed by atoms with van der Waals surface area (Å²) in [5.74, 6) is 3.64. The first-order valence-corrected chi connectivity index (χ1v) is 19.0. The first-order valence-electron chi connectivity index (χ1n) is 12.7. The van der Waals surface area contributed by atoms with Crippen molar-refractivity contribution < 1.29 is 45.1 Å². The molecule has 0 spiro atoms. The molecule has 5 rings (SSSR count). The van der Waals surface area contributed by atoms with Crippen LogP contribution in [0.4, 0.5) is 0 Å². The third-order valence-electron chi connectivity index (χ3n) is 10.3. The van der Waals surface area contributed by atoms with E-state index in [-0.39, 0.29) is 24.8 Å². The average molecular weight is 541 g/mol. The van der Waals surface area contributed by atoms with E-state index in [1.807, 2.05) is 0 Å². The van der Waals surface area contributed by atoms with E-state index >= 15 is 0 Å². The van der Waals surface area contributed by atoms with E-state index in [0.717, 1.165) is 30.9 Å². The summed E-state index contributed by atoms with van der Waals surface area (Å²) in [6, 6.07) is 0. The third-order valence-corrected chi connectivity index (χ3v) is 27.0. The zero-order valence-corrected chi connectivity index (χ0v) is 24.1. The van der Waals surface area contributed by atoms with Crippen LogP contribution < -0.4 is 24.8 Å². The van der Waals surface area contributed by atoms with Gasteiger partial charge in [-0.15, -0.1) is 0 Å². The van der Waals surface area contributed by atoms with E-state index in [0.29, 0.717) is 0 Å². The van der Waals surface area contributed by atoms with Gasteiger partial charge in [0.15, 0.2) is 0 Å². The number of halogens is 2. The van der Waals surface area contributed by atoms with Crippen molar-refractivity contribution in [1.29, 1.82) is 0 Å². The molecule has 2 saturated carbocycles. The van der Waals surface area contributed by atoms with Crippen molar-refractivity contribution in [2.75, 3.05) is 0 Å². The van der Waals surface area contributed by atoms with E-state index in [4.69, 9.17) is 0 Å². The fraction of sp³-hybridized carbons (Fsp3) is 0.714. The van der Waals surface area contributed by atoms with Crippen LogP contribution in [0.3, 0.4) is 0 Å². The summed E-state index contributed by atoms with van der Waals surface area (Å²) in [4.78, 5) is 0. The van der Waals surface area contributed by atoms with E-state index in [1.54, 1.807) is 56.2 Å². The minimum Gasteiger partial charge on any atom is -1.00 e. The molecule has 3 fully saturated rings. The number of hydrogen-bond donors (Lipinski definition) is 0. The van der Waals surface area contributed by atoms with Gasteiger partial charge >= 0.3 is 185 Å². The van der Waals surface area contributed by atoms with Crippen molar-refractivity contribution in [2.45, 2.75) is 94.6 Å². The van der Waals surface area contributed by atoms with Crippen LogP contribution in [0.25, 0.3) is 0 Å². The molecule has 0 bridgehead atoms. The number of fused-ring (bicyclic) bond motifs is 2. The maximum Gasteiger partial charge on any atom is -1.00 e. The molecule has 4 aliphatic carbocycles. The van der Waals surface area contributed by atoms with Gasteiger partial charge in [-0.25, -0.2) is 0 Å². The molecule has 0 amide bonds. The van der Waals surface area contributed by atoms with Crippen LogP contribution in [-0.2, 0) is 20.3 Å². The number of allylic oxidation sites excluding steroid dienone is 8. The Balaban J connectivity index is 0.00000136. The van der Waals surface area contributed by atoms with Crippen molar-refractivity contribution in [2.24, 2.45) is 23.7 Å². The maximum absolute atomic E-state index is 2.52. The van der Waals surface area contributed by atoms with Crippen LogP contribution in [0.15, 0.2) is 46.6 Å². The van der Waals surface area contributed by atoms with Gasteiger partial charge < -0.3 is 24.8 Å². The Hall–Kier alpha value is 0.423. The van der Waals surface area contributed by atoms with Crippen LogP contribution in [0.5, 0.6) is 0 Å². The second kappa shape index (κ2) is 10.4. The normalized spacial score (nSPS) is 37.8. The van der Waals surface area contributed by atoms with Crippen molar-refractivity contribution in [1.82, 2.24) is 0 Å². The van der Waals surface area contributed by atoms with Crippen molar-refractivity contribution in [3.63, 3.8) is 0 Å². The van der Waals surface area contributed by atoms with Gasteiger partial charge in [0, 0.05) is 0 Å². The molecule has 6 atom stereocenters. The van der Waals surface area contributed by atoms with Crippen LogP contribution in [0, 0.1) is 23.7 Å². The summed E-state index contributed by atoms with van der Waals surface area (Å²) in [6.45, 7) is 9.86. The van der Waals surface area contributed by atoms with Crippen molar-refractivity contribution >= 4 is 0 Å². The molecule has 0 N–H and O–H groups in total. The molecular weight excluding hydrogens is 498 g/mol. The molecule has 3 heteroatoms. The summed E-state index contributed by atoms with van der Waals surface area (Å²) in [5, 5.41) is 0. The molecular formula is C28H42Cl2Zr. The monoisotopic (exact) mass is 538 g/mol. The van der Waals surface area contributed by atoms with Crippen LogP contribution >= 0.6 is 0 Å². The smallest absolute Gasteiger partial charge is 1.00 e. The average Bonchev–Trinajstić information content (AvgIpc) is 3.30. The minimum absolute atomic E-state index is 0. The molecule has 6 unspecified atom stereocenters. The molecule has 5 aliphatic rings. The van der Waals surface area contributed by atoms with Crippen molar-refractivity contribution in [3.05, 3.63) is 46.6 Å². The zero-order valence-electron chi connectivity index (χ0n) is 20.1. The Kier molecular flexibility index (Phi) is 8.70. The first kappa shape index (κ1) is 26.0. The zero-order chi connectivity index (χ0) is 20.2. The summed E-state index contributed by atoms with van der Waals surface area (Å²) in [5.41, 5.74) is 6.92. The molecule has 0 aromatic rings. The number of rotatable bonds is 2. The van der Waals surface area contributed by atoms with Gasteiger partial charge in [0.05, 0.1) is 0 Å². The second-order valence-corrected chi connectivity index (χ2v) is 23.6. The fourth-order valence-corrected chi connectivity index (χ4v) is 28.7. The molecule has 0 radical (unpaired) electrons. The Morgan fingerprint density at radius 3 is 1.35 bits per heavy atom. The predicted molar refractivity (Wildman–Crippen MR) is 123 cm³/mol. The predicted octanol–water partition coefficient (Wildman–Crippen LogP) is 3.00. The summed E-state index contributed by atoms with van der Waals surface area (Å²) in [7, 11) is 0. The molecule has 0 nitrogen and oxygen atoms in total. The minimum atomic E-state index is -2.36. The number of hydrogen-bond acceptors (Lipinski definition) is 0. The topological polar surface area (TPSA) is 0 Å². The van der Waals surface area contributed by atoms with Gasteiger partial charge in [0.2, 0.25) is 0 Å². The summed E-state index contributed by atoms with van der Waals surface area (Å²) < 4.78 is 5.72. The Labute approximate surface area is 208 Å². The van der Waals surface area contributed by atoms with Crippen LogP contribution in [0.1, 0.15) is 79.1 Å². The van der Waals surface area contributed by atoms with Gasteiger partial charge in [-0.2, -0.15) is 0 Å².